The molecule has 6 nitrogen and oxygen atoms in total. The summed E-state index contributed by atoms with van der Waals surface area (Å²) in [6, 6.07) is 5.90. The molecule has 0 unspecified atom stereocenters. The number of rotatable bonds is 7. The fourth-order valence-electron chi connectivity index (χ4n) is 2.90. The minimum Gasteiger partial charge on any atom is -0.378 e. The van der Waals surface area contributed by atoms with E-state index in [1.807, 2.05) is 0 Å². The van der Waals surface area contributed by atoms with Crippen LogP contribution in [0.25, 0.3) is 0 Å². The lowest BCUT2D eigenvalue weighted by atomic mass is 10.1. The van der Waals surface area contributed by atoms with Gasteiger partial charge < -0.3 is 10.2 Å². The predicted molar refractivity (Wildman–Crippen MR) is 110 cm³/mol. The van der Waals surface area contributed by atoms with Crippen molar-refractivity contribution in [2.24, 2.45) is 0 Å². The fraction of sp³-hybridized carbons (Fsp3) is 0.350. The molecule has 0 bridgehead atoms. The zero-order valence-electron chi connectivity index (χ0n) is 17.4. The van der Waals surface area contributed by atoms with Gasteiger partial charge in [-0.2, -0.15) is 17.5 Å². The van der Waals surface area contributed by atoms with Crippen molar-refractivity contribution in [2.75, 3.05) is 37.4 Å². The molecule has 2 aromatic carbocycles. The number of hydrogen-bond donors (Lipinski definition) is 1. The zero-order chi connectivity index (χ0) is 23.6. The monoisotopic (exact) mass is 461 g/mol. The number of carbonyl (C=O) groups is 1. The van der Waals surface area contributed by atoms with Crippen LogP contribution in [0.3, 0.4) is 0 Å². The molecule has 0 aliphatic rings. The lowest BCUT2D eigenvalue weighted by molar-refractivity contribution is -0.136. The molecule has 170 valence electrons. The lowest BCUT2D eigenvalue weighted by Gasteiger charge is -2.20. The Morgan fingerprint density at radius 2 is 1.65 bits per heavy atom. The molecule has 0 radical (unpaired) electrons. The second-order valence-corrected chi connectivity index (χ2v) is 8.75. The molecular weight excluding hydrogens is 438 g/mol. The van der Waals surface area contributed by atoms with Crippen LogP contribution in [-0.2, 0) is 16.2 Å². The lowest BCUT2D eigenvalue weighted by Crippen LogP contribution is -2.31. The molecule has 2 aromatic rings. The predicted octanol–water partition coefficient (Wildman–Crippen LogP) is 4.19. The van der Waals surface area contributed by atoms with Gasteiger partial charge in [0.2, 0.25) is 10.0 Å². The van der Waals surface area contributed by atoms with E-state index < -0.39 is 44.7 Å². The van der Waals surface area contributed by atoms with Gasteiger partial charge >= 0.3 is 6.18 Å². The molecule has 0 spiro atoms. The van der Waals surface area contributed by atoms with Crippen molar-refractivity contribution in [1.29, 1.82) is 0 Å². The van der Waals surface area contributed by atoms with Gasteiger partial charge in [0, 0.05) is 32.9 Å². The van der Waals surface area contributed by atoms with Crippen molar-refractivity contribution in [3.8, 4) is 0 Å². The summed E-state index contributed by atoms with van der Waals surface area (Å²) in [5, 5.41) is 2.05. The Labute approximate surface area is 178 Å². The standard InChI is InChI=1S/C20H23F4N3O3S/c1-5-27(6-2)31(29,30)14-8-9-17(21)15(12-14)19(28)25-18-10-7-13(26(3)4)11-16(18)20(22,23)24/h7-12H,5-6H2,1-4H3,(H,25,28). The summed E-state index contributed by atoms with van der Waals surface area (Å²) in [5.41, 5.74) is -2.11. The summed E-state index contributed by atoms with van der Waals surface area (Å²) < 4.78 is 81.1. The van der Waals surface area contributed by atoms with Gasteiger partial charge in [0.15, 0.2) is 0 Å². The first-order valence-corrected chi connectivity index (χ1v) is 10.8. The fourth-order valence-corrected chi connectivity index (χ4v) is 4.38. The Kier molecular flexibility index (Phi) is 7.32. The van der Waals surface area contributed by atoms with Gasteiger partial charge in [-0.3, -0.25) is 4.79 Å². The van der Waals surface area contributed by atoms with E-state index in [4.69, 9.17) is 0 Å². The molecule has 1 N–H and O–H groups in total. The van der Waals surface area contributed by atoms with Gasteiger partial charge in [0.25, 0.3) is 5.91 Å². The second kappa shape index (κ2) is 9.23. The minimum atomic E-state index is -4.78. The van der Waals surface area contributed by atoms with Crippen LogP contribution in [0, 0.1) is 5.82 Å². The molecule has 0 saturated heterocycles. The Morgan fingerprint density at radius 1 is 1.03 bits per heavy atom. The highest BCUT2D eigenvalue weighted by molar-refractivity contribution is 7.89. The van der Waals surface area contributed by atoms with E-state index in [1.165, 1.54) is 11.0 Å². The van der Waals surface area contributed by atoms with Crippen LogP contribution in [0.2, 0.25) is 0 Å². The average molecular weight is 461 g/mol. The van der Waals surface area contributed by atoms with Crippen molar-refractivity contribution < 1.29 is 30.8 Å². The van der Waals surface area contributed by atoms with E-state index in [9.17, 15) is 30.8 Å². The van der Waals surface area contributed by atoms with Gasteiger partial charge in [-0.05, 0) is 36.4 Å². The molecule has 0 aromatic heterocycles. The number of anilines is 2. The number of benzene rings is 2. The van der Waals surface area contributed by atoms with Crippen LogP contribution in [0.4, 0.5) is 28.9 Å². The minimum absolute atomic E-state index is 0.158. The number of hydrogen-bond acceptors (Lipinski definition) is 4. The topological polar surface area (TPSA) is 69.7 Å². The molecule has 0 fully saturated rings. The van der Waals surface area contributed by atoms with E-state index >= 15 is 0 Å². The van der Waals surface area contributed by atoms with E-state index in [0.717, 1.165) is 34.6 Å². The van der Waals surface area contributed by atoms with Crippen LogP contribution >= 0.6 is 0 Å². The highest BCUT2D eigenvalue weighted by Gasteiger charge is 2.35. The van der Waals surface area contributed by atoms with Crippen molar-refractivity contribution in [2.45, 2.75) is 24.9 Å². The number of carbonyl (C=O) groups excluding carboxylic acids is 1. The quantitative estimate of drug-likeness (QED) is 0.628. The molecule has 0 heterocycles. The smallest absolute Gasteiger partial charge is 0.378 e. The summed E-state index contributed by atoms with van der Waals surface area (Å²) in [7, 11) is -0.871. The maximum Gasteiger partial charge on any atom is 0.418 e. The highest BCUT2D eigenvalue weighted by Crippen LogP contribution is 2.37. The van der Waals surface area contributed by atoms with Gasteiger partial charge in [-0.25, -0.2) is 12.8 Å². The van der Waals surface area contributed by atoms with Crippen molar-refractivity contribution >= 4 is 27.3 Å². The molecule has 1 amide bonds. The third-order valence-corrected chi connectivity index (χ3v) is 6.64. The van der Waals surface area contributed by atoms with Gasteiger partial charge in [0.1, 0.15) is 5.82 Å². The Balaban J connectivity index is 2.48. The Morgan fingerprint density at radius 3 is 2.16 bits per heavy atom. The first kappa shape index (κ1) is 24.6. The van der Waals surface area contributed by atoms with Crippen LogP contribution in [0.1, 0.15) is 29.8 Å². The van der Waals surface area contributed by atoms with Gasteiger partial charge in [-0.15, -0.1) is 0 Å². The number of alkyl halides is 3. The van der Waals surface area contributed by atoms with E-state index in [2.05, 4.69) is 5.32 Å². The Hall–Kier alpha value is -2.66. The van der Waals surface area contributed by atoms with Gasteiger partial charge in [0.05, 0.1) is 21.7 Å². The normalized spacial score (nSPS) is 12.2. The Bertz CT molecular complexity index is 1070. The summed E-state index contributed by atoms with van der Waals surface area (Å²) in [4.78, 5) is 13.7. The molecule has 0 atom stereocenters. The van der Waals surface area contributed by atoms with Crippen LogP contribution in [0.15, 0.2) is 41.3 Å². The molecule has 0 aliphatic heterocycles. The van der Waals surface area contributed by atoms with Gasteiger partial charge in [-0.1, -0.05) is 13.8 Å². The van der Waals surface area contributed by atoms with Crippen LogP contribution < -0.4 is 10.2 Å². The molecule has 31 heavy (non-hydrogen) atoms. The first-order valence-electron chi connectivity index (χ1n) is 9.32. The first-order chi connectivity index (χ1) is 14.3. The summed E-state index contributed by atoms with van der Waals surface area (Å²) in [5.74, 6) is -2.26. The van der Waals surface area contributed by atoms with E-state index in [1.54, 1.807) is 27.9 Å². The zero-order valence-corrected chi connectivity index (χ0v) is 18.2. The number of amides is 1. The van der Waals surface area contributed by atoms with Crippen molar-refractivity contribution in [1.82, 2.24) is 4.31 Å². The number of halogens is 4. The SMILES string of the molecule is CCN(CC)S(=O)(=O)c1ccc(F)c(C(=O)Nc2ccc(N(C)C)cc2C(F)(F)F)c1. The largest absolute Gasteiger partial charge is 0.418 e. The van der Waals surface area contributed by atoms with E-state index in [-0.39, 0.29) is 23.7 Å². The highest BCUT2D eigenvalue weighted by atomic mass is 32.2. The average Bonchev–Trinajstić information content (AvgIpc) is 2.68. The molecule has 2 rings (SSSR count). The van der Waals surface area contributed by atoms with E-state index in [0.29, 0.717) is 0 Å². The molecule has 0 saturated carbocycles. The summed E-state index contributed by atoms with van der Waals surface area (Å²) >= 11 is 0. The summed E-state index contributed by atoms with van der Waals surface area (Å²) in [6.45, 7) is 3.55. The summed E-state index contributed by atoms with van der Waals surface area (Å²) in [6.07, 6.45) is -4.78. The number of sulfonamides is 1. The van der Waals surface area contributed by atoms with Crippen molar-refractivity contribution in [3.63, 3.8) is 0 Å². The third kappa shape index (κ3) is 5.34. The number of nitrogens with one attached hydrogen (secondary N) is 1. The maximum absolute atomic E-state index is 14.3. The third-order valence-electron chi connectivity index (χ3n) is 4.60. The van der Waals surface area contributed by atoms with Crippen LogP contribution in [-0.4, -0.2) is 45.8 Å². The van der Waals surface area contributed by atoms with Crippen molar-refractivity contribution in [3.05, 3.63) is 53.3 Å². The second-order valence-electron chi connectivity index (χ2n) is 6.81. The number of nitrogens with zero attached hydrogens (tertiary/aromatic N) is 2. The maximum atomic E-state index is 14.3. The molecule has 11 heteroatoms. The molecule has 0 aliphatic carbocycles. The molecular formula is C20H23F4N3O3S. The van der Waals surface area contributed by atoms with Crippen LogP contribution in [0.5, 0.6) is 0 Å².